The van der Waals surface area contributed by atoms with Crippen LogP contribution < -0.4 is 21.3 Å². The van der Waals surface area contributed by atoms with Gasteiger partial charge in [-0.2, -0.15) is 0 Å². The molecule has 0 aliphatic heterocycles. The Kier molecular flexibility index (Phi) is 19.9. The highest BCUT2D eigenvalue weighted by Gasteiger charge is 2.38. The number of rotatable bonds is 20. The molecule has 2 unspecified atom stereocenters. The number of phenolic OH excluding ortho intramolecular Hbond substituents is 2. The van der Waals surface area contributed by atoms with Crippen molar-refractivity contribution in [1.29, 1.82) is 0 Å². The number of carbonyl (C=O) groups is 6. The van der Waals surface area contributed by atoms with Gasteiger partial charge < -0.3 is 72.3 Å². The highest BCUT2D eigenvalue weighted by Crippen LogP contribution is 2.42. The number of carbonyl (C=O) groups excluding carboxylic acids is 2. The van der Waals surface area contributed by atoms with E-state index in [1.54, 1.807) is 12.1 Å². The van der Waals surface area contributed by atoms with Crippen LogP contribution in [0.1, 0.15) is 57.5 Å². The van der Waals surface area contributed by atoms with E-state index in [1.807, 2.05) is 0 Å². The van der Waals surface area contributed by atoms with Crippen LogP contribution in [0.5, 0.6) is 11.5 Å². The van der Waals surface area contributed by atoms with Gasteiger partial charge in [0.1, 0.15) is 11.5 Å². The van der Waals surface area contributed by atoms with Gasteiger partial charge in [0.05, 0.1) is 35.1 Å². The van der Waals surface area contributed by atoms with Crippen molar-refractivity contribution in [2.24, 2.45) is 0 Å². The minimum absolute atomic E-state index is 0.103. The molecule has 0 bridgehead atoms. The van der Waals surface area contributed by atoms with Crippen LogP contribution in [0.25, 0.3) is 0 Å². The fraction of sp³-hybridized carbons (Fsp3) is 0.438. The van der Waals surface area contributed by atoms with Crippen molar-refractivity contribution in [3.05, 3.63) is 46.5 Å². The third-order valence-corrected chi connectivity index (χ3v) is 6.84. The number of benzene rings is 2. The SMILES string of the molecule is O=C(O)CC(O)C(=O)O.O=C(O)CC(O)C(=O)O.O=C1c2c(O)ccc(O)c2C(=O)c2c(NCCNCCCO)ccc(NCCNCCCO)c21. The highest BCUT2D eigenvalue weighted by atomic mass is 16.4. The van der Waals surface area contributed by atoms with E-state index in [-0.39, 0.29) is 47.0 Å². The zero-order chi connectivity index (χ0) is 39.4. The molecule has 288 valence electrons. The summed E-state index contributed by atoms with van der Waals surface area (Å²) >= 11 is 0. The van der Waals surface area contributed by atoms with Gasteiger partial charge in [-0.3, -0.25) is 19.2 Å². The molecule has 0 spiro atoms. The molecule has 0 fully saturated rings. The first kappa shape index (κ1) is 44.6. The molecule has 20 nitrogen and oxygen atoms in total. The molecule has 0 heterocycles. The van der Waals surface area contributed by atoms with Crippen molar-refractivity contribution in [3.63, 3.8) is 0 Å². The summed E-state index contributed by atoms with van der Waals surface area (Å²) in [7, 11) is 0. The molecule has 3 rings (SSSR count). The fourth-order valence-corrected chi connectivity index (χ4v) is 4.39. The predicted octanol–water partition coefficient (Wildman–Crippen LogP) is -1.55. The van der Waals surface area contributed by atoms with Crippen LogP contribution in [0.3, 0.4) is 0 Å². The summed E-state index contributed by atoms with van der Waals surface area (Å²) in [6.07, 6.45) is -3.82. The van der Waals surface area contributed by atoms with Crippen LogP contribution in [0.2, 0.25) is 0 Å². The lowest BCUT2D eigenvalue weighted by Crippen LogP contribution is -2.28. The zero-order valence-corrected chi connectivity index (χ0v) is 27.9. The number of fused-ring (bicyclic) bond motifs is 2. The average molecular weight is 741 g/mol. The van der Waals surface area contributed by atoms with Crippen molar-refractivity contribution in [3.8, 4) is 11.5 Å². The number of ketones is 2. The quantitative estimate of drug-likeness (QED) is 0.0460. The summed E-state index contributed by atoms with van der Waals surface area (Å²) in [6, 6.07) is 5.82. The average Bonchev–Trinajstić information content (AvgIpc) is 3.07. The minimum atomic E-state index is -1.79. The maximum atomic E-state index is 13.5. The molecule has 0 aromatic heterocycles. The number of anilines is 2. The van der Waals surface area contributed by atoms with Gasteiger partial charge in [-0.1, -0.05) is 0 Å². The van der Waals surface area contributed by atoms with E-state index in [1.165, 1.54) is 12.1 Å². The molecular formula is C32H44N4O16. The van der Waals surface area contributed by atoms with Gasteiger partial charge in [-0.15, -0.1) is 0 Å². The molecule has 0 amide bonds. The van der Waals surface area contributed by atoms with Gasteiger partial charge in [-0.25, -0.2) is 9.59 Å². The number of aliphatic carboxylic acids is 4. The number of phenols is 2. The van der Waals surface area contributed by atoms with Crippen molar-refractivity contribution in [1.82, 2.24) is 10.6 Å². The van der Waals surface area contributed by atoms with E-state index in [0.29, 0.717) is 63.5 Å². The number of aromatic hydroxyl groups is 2. The molecule has 2 atom stereocenters. The molecule has 52 heavy (non-hydrogen) atoms. The second-order valence-electron chi connectivity index (χ2n) is 10.8. The van der Waals surface area contributed by atoms with Crippen LogP contribution >= 0.6 is 0 Å². The third-order valence-electron chi connectivity index (χ3n) is 6.84. The number of nitrogens with one attached hydrogen (secondary N) is 4. The molecule has 20 heteroatoms. The highest BCUT2D eigenvalue weighted by molar-refractivity contribution is 6.33. The lowest BCUT2D eigenvalue weighted by Gasteiger charge is -2.25. The largest absolute Gasteiger partial charge is 0.507 e. The monoisotopic (exact) mass is 740 g/mol. The van der Waals surface area contributed by atoms with E-state index < -0.39 is 60.5 Å². The summed E-state index contributed by atoms with van der Waals surface area (Å²) in [4.78, 5) is 65.7. The Morgan fingerprint density at radius 2 is 0.885 bits per heavy atom. The summed E-state index contributed by atoms with van der Waals surface area (Å²) in [5.74, 6) is -7.50. The van der Waals surface area contributed by atoms with Crippen LogP contribution in [-0.4, -0.2) is 151 Å². The third kappa shape index (κ3) is 14.5. The Labute approximate surface area is 296 Å². The molecule has 1 aliphatic carbocycles. The number of hydrogen-bond donors (Lipinski definition) is 14. The van der Waals surface area contributed by atoms with Crippen LogP contribution in [0, 0.1) is 0 Å². The molecule has 0 saturated carbocycles. The first-order valence-corrected chi connectivity index (χ1v) is 15.8. The number of carboxylic acid groups (broad SMARTS) is 4. The minimum Gasteiger partial charge on any atom is -0.507 e. The second-order valence-corrected chi connectivity index (χ2v) is 10.8. The van der Waals surface area contributed by atoms with Gasteiger partial charge in [0.25, 0.3) is 0 Å². The van der Waals surface area contributed by atoms with Crippen molar-refractivity contribution >= 4 is 46.8 Å². The summed E-state index contributed by atoms with van der Waals surface area (Å²) < 4.78 is 0. The maximum absolute atomic E-state index is 13.5. The Balaban J connectivity index is 0.000000617. The molecule has 2 aromatic rings. The van der Waals surface area contributed by atoms with Crippen LogP contribution in [-0.2, 0) is 19.2 Å². The first-order valence-electron chi connectivity index (χ1n) is 15.8. The van der Waals surface area contributed by atoms with Gasteiger partial charge in [0.2, 0.25) is 11.6 Å². The molecule has 0 saturated heterocycles. The molecular weight excluding hydrogens is 696 g/mol. The van der Waals surface area contributed by atoms with E-state index in [4.69, 9.17) is 40.9 Å². The Hall–Kier alpha value is -5.38. The van der Waals surface area contributed by atoms with Crippen molar-refractivity contribution < 1.29 is 79.8 Å². The Bertz CT molecular complexity index is 1440. The lowest BCUT2D eigenvalue weighted by molar-refractivity contribution is -0.153. The smallest absolute Gasteiger partial charge is 0.333 e. The summed E-state index contributed by atoms with van der Waals surface area (Å²) in [5, 5.41) is 99.3. The van der Waals surface area contributed by atoms with Crippen molar-refractivity contribution in [2.45, 2.75) is 37.9 Å². The standard InChI is InChI=1S/C24H32N4O6.2C4H6O5/c29-13-1-7-25-9-11-27-15-3-4-16(28-12-10-26-8-2-14-30)20-19(15)23(33)21-17(31)5-6-18(32)22(21)24(20)34;2*5-2(4(8)9)1-3(6)7/h3-6,25-32H,1-2,7-14H2;2*2,5H,1H2,(H,6,7)(H,8,9). The van der Waals surface area contributed by atoms with Gasteiger partial charge >= 0.3 is 23.9 Å². The second kappa shape index (κ2) is 23.2. The zero-order valence-electron chi connectivity index (χ0n) is 27.9. The molecule has 14 N–H and O–H groups in total. The molecule has 1 aliphatic rings. The van der Waals surface area contributed by atoms with Gasteiger partial charge in [-0.05, 0) is 50.2 Å². The van der Waals surface area contributed by atoms with E-state index in [0.717, 1.165) is 0 Å². The normalized spacial score (nSPS) is 12.5. The van der Waals surface area contributed by atoms with E-state index >= 15 is 0 Å². The number of carboxylic acids is 4. The van der Waals surface area contributed by atoms with Crippen molar-refractivity contribution in [2.75, 3.05) is 63.1 Å². The topological polar surface area (TPSA) is 353 Å². The van der Waals surface area contributed by atoms with Crippen LogP contribution in [0.4, 0.5) is 11.4 Å². The van der Waals surface area contributed by atoms with Gasteiger partial charge in [0.15, 0.2) is 12.2 Å². The number of hydrogen-bond acceptors (Lipinski definition) is 16. The van der Waals surface area contributed by atoms with E-state index in [9.17, 15) is 39.0 Å². The first-order chi connectivity index (χ1) is 24.6. The van der Waals surface area contributed by atoms with Gasteiger partial charge in [0, 0.05) is 50.8 Å². The Morgan fingerprint density at radius 3 is 1.15 bits per heavy atom. The summed E-state index contributed by atoms with van der Waals surface area (Å²) in [5.41, 5.74) is 0.794. The maximum Gasteiger partial charge on any atom is 0.333 e. The predicted molar refractivity (Wildman–Crippen MR) is 181 cm³/mol. The molecule has 0 radical (unpaired) electrons. The fourth-order valence-electron chi connectivity index (χ4n) is 4.39. The number of aliphatic hydroxyl groups is 4. The van der Waals surface area contributed by atoms with E-state index in [2.05, 4.69) is 21.3 Å². The Morgan fingerprint density at radius 1 is 0.538 bits per heavy atom. The summed E-state index contributed by atoms with van der Waals surface area (Å²) in [6.45, 7) is 3.63. The van der Waals surface area contributed by atoms with Crippen LogP contribution in [0.15, 0.2) is 24.3 Å². The number of aliphatic hydroxyl groups excluding tert-OH is 4. The molecule has 2 aromatic carbocycles. The lowest BCUT2D eigenvalue weighted by atomic mass is 9.81.